The molecule has 0 radical (unpaired) electrons. The Kier molecular flexibility index (Phi) is 3.70. The molecule has 1 aliphatic heterocycles. The first kappa shape index (κ1) is 10.6. The third kappa shape index (κ3) is 3.01. The highest BCUT2D eigenvalue weighted by atomic mass is 32.1. The van der Waals surface area contributed by atoms with E-state index in [0.717, 1.165) is 17.8 Å². The third-order valence-electron chi connectivity index (χ3n) is 2.70. The normalized spacial score (nSPS) is 16.7. The van der Waals surface area contributed by atoms with Gasteiger partial charge in [-0.2, -0.15) is 5.26 Å². The number of nitriles is 1. The van der Waals surface area contributed by atoms with E-state index in [9.17, 15) is 0 Å². The molecule has 0 unspecified atom stereocenters. The summed E-state index contributed by atoms with van der Waals surface area (Å²) in [6, 6.07) is 2.15. The fraction of sp³-hybridized carbons (Fsp3) is 0.636. The van der Waals surface area contributed by atoms with Crippen molar-refractivity contribution < 1.29 is 0 Å². The highest BCUT2D eigenvalue weighted by molar-refractivity contribution is 7.11. The van der Waals surface area contributed by atoms with Crippen molar-refractivity contribution in [3.8, 4) is 6.07 Å². The van der Waals surface area contributed by atoms with E-state index in [1.807, 2.05) is 6.20 Å². The van der Waals surface area contributed by atoms with Gasteiger partial charge < -0.3 is 4.90 Å². The largest absolute Gasteiger partial charge is 0.303 e. The highest BCUT2D eigenvalue weighted by Gasteiger charge is 2.11. The van der Waals surface area contributed by atoms with E-state index in [0.29, 0.717) is 6.42 Å². The summed E-state index contributed by atoms with van der Waals surface area (Å²) in [5, 5.41) is 9.73. The summed E-state index contributed by atoms with van der Waals surface area (Å²) < 4.78 is 0. The van der Waals surface area contributed by atoms with Gasteiger partial charge in [0.25, 0.3) is 0 Å². The summed E-state index contributed by atoms with van der Waals surface area (Å²) in [6.45, 7) is 3.62. The molecule has 2 heterocycles. The maximum absolute atomic E-state index is 8.55. The van der Waals surface area contributed by atoms with Gasteiger partial charge in [0.05, 0.1) is 17.5 Å². The molecule has 0 aliphatic carbocycles. The lowest BCUT2D eigenvalue weighted by Gasteiger charge is -2.12. The van der Waals surface area contributed by atoms with Gasteiger partial charge in [-0.1, -0.05) is 0 Å². The number of likely N-dealkylation sites (tertiary alicyclic amines) is 1. The van der Waals surface area contributed by atoms with Crippen LogP contribution in [0.15, 0.2) is 6.20 Å². The Bertz CT molecular complexity index is 347. The number of hydrogen-bond acceptors (Lipinski definition) is 4. The van der Waals surface area contributed by atoms with Crippen LogP contribution in [0.1, 0.15) is 22.7 Å². The van der Waals surface area contributed by atoms with Crippen LogP contribution in [0.2, 0.25) is 0 Å². The zero-order valence-electron chi connectivity index (χ0n) is 8.78. The molecule has 3 nitrogen and oxygen atoms in total. The van der Waals surface area contributed by atoms with Crippen LogP contribution >= 0.6 is 11.3 Å². The lowest BCUT2D eigenvalue weighted by Crippen LogP contribution is -2.21. The minimum atomic E-state index is 0.501. The molecule has 0 spiro atoms. The molecule has 0 bridgehead atoms. The maximum atomic E-state index is 8.55. The topological polar surface area (TPSA) is 39.9 Å². The number of rotatable bonds is 4. The van der Waals surface area contributed by atoms with Crippen molar-refractivity contribution in [1.29, 1.82) is 5.26 Å². The van der Waals surface area contributed by atoms with Crippen molar-refractivity contribution >= 4 is 11.3 Å². The molecular weight excluding hydrogens is 206 g/mol. The Morgan fingerprint density at radius 2 is 2.27 bits per heavy atom. The molecule has 0 amide bonds. The van der Waals surface area contributed by atoms with Crippen LogP contribution in [0.3, 0.4) is 0 Å². The first-order chi connectivity index (χ1) is 7.38. The van der Waals surface area contributed by atoms with Gasteiger partial charge in [0.1, 0.15) is 0 Å². The molecule has 1 fully saturated rings. The van der Waals surface area contributed by atoms with Gasteiger partial charge in [-0.05, 0) is 25.9 Å². The predicted octanol–water partition coefficient (Wildman–Crippen LogP) is 1.85. The second-order valence-corrected chi connectivity index (χ2v) is 5.05. The van der Waals surface area contributed by atoms with E-state index >= 15 is 0 Å². The monoisotopic (exact) mass is 221 g/mol. The van der Waals surface area contributed by atoms with Gasteiger partial charge in [-0.15, -0.1) is 11.3 Å². The second kappa shape index (κ2) is 5.24. The molecule has 80 valence electrons. The molecule has 4 heteroatoms. The SMILES string of the molecule is N#CCc1cnc(CCN2CCCC2)s1. The van der Waals surface area contributed by atoms with Crippen molar-refractivity contribution in [1.82, 2.24) is 9.88 Å². The summed E-state index contributed by atoms with van der Waals surface area (Å²) in [6.07, 6.45) is 6.07. The molecule has 0 atom stereocenters. The Hall–Kier alpha value is -0.920. The maximum Gasteiger partial charge on any atom is 0.0940 e. The van der Waals surface area contributed by atoms with E-state index in [4.69, 9.17) is 5.26 Å². The van der Waals surface area contributed by atoms with Crippen molar-refractivity contribution in [3.05, 3.63) is 16.1 Å². The number of hydrogen-bond donors (Lipinski definition) is 0. The van der Waals surface area contributed by atoms with Crippen molar-refractivity contribution in [2.24, 2.45) is 0 Å². The van der Waals surface area contributed by atoms with E-state index in [1.54, 1.807) is 11.3 Å². The summed E-state index contributed by atoms with van der Waals surface area (Å²) in [7, 11) is 0. The van der Waals surface area contributed by atoms with Crippen molar-refractivity contribution in [3.63, 3.8) is 0 Å². The second-order valence-electron chi connectivity index (χ2n) is 3.85. The van der Waals surface area contributed by atoms with E-state index in [2.05, 4.69) is 16.0 Å². The van der Waals surface area contributed by atoms with Crippen LogP contribution in [-0.4, -0.2) is 29.5 Å². The molecule has 2 rings (SSSR count). The van der Waals surface area contributed by atoms with Crippen LogP contribution in [0.5, 0.6) is 0 Å². The zero-order valence-corrected chi connectivity index (χ0v) is 9.59. The highest BCUT2D eigenvalue weighted by Crippen LogP contribution is 2.15. The first-order valence-electron chi connectivity index (χ1n) is 5.41. The van der Waals surface area contributed by atoms with Gasteiger partial charge in [0.15, 0.2) is 0 Å². The fourth-order valence-electron chi connectivity index (χ4n) is 1.88. The van der Waals surface area contributed by atoms with E-state index in [1.165, 1.54) is 30.9 Å². The standard InChI is InChI=1S/C11H15N3S/c12-5-3-10-9-13-11(15-10)4-8-14-6-1-2-7-14/h9H,1-4,6-8H2. The average Bonchev–Trinajstić information content (AvgIpc) is 2.85. The number of thiazole rings is 1. The average molecular weight is 221 g/mol. The van der Waals surface area contributed by atoms with Gasteiger partial charge in [0.2, 0.25) is 0 Å². The minimum Gasteiger partial charge on any atom is -0.303 e. The van der Waals surface area contributed by atoms with Crippen LogP contribution in [0.4, 0.5) is 0 Å². The summed E-state index contributed by atoms with van der Waals surface area (Å²) in [5.41, 5.74) is 0. The molecule has 15 heavy (non-hydrogen) atoms. The van der Waals surface area contributed by atoms with E-state index in [-0.39, 0.29) is 0 Å². The summed E-state index contributed by atoms with van der Waals surface area (Å²) >= 11 is 1.68. The Labute approximate surface area is 94.4 Å². The molecule has 1 saturated heterocycles. The smallest absolute Gasteiger partial charge is 0.0940 e. The Balaban J connectivity index is 1.80. The predicted molar refractivity (Wildman–Crippen MR) is 60.8 cm³/mol. The Morgan fingerprint density at radius 3 is 3.00 bits per heavy atom. The van der Waals surface area contributed by atoms with Crippen LogP contribution in [0, 0.1) is 11.3 Å². The molecule has 0 N–H and O–H groups in total. The quantitative estimate of drug-likeness (QED) is 0.779. The third-order valence-corrected chi connectivity index (χ3v) is 3.75. The van der Waals surface area contributed by atoms with Gasteiger partial charge in [-0.25, -0.2) is 4.98 Å². The molecule has 0 aromatic carbocycles. The van der Waals surface area contributed by atoms with Crippen molar-refractivity contribution in [2.75, 3.05) is 19.6 Å². The van der Waals surface area contributed by atoms with Gasteiger partial charge in [0, 0.05) is 24.0 Å². The summed E-state index contributed by atoms with van der Waals surface area (Å²) in [4.78, 5) is 7.92. The summed E-state index contributed by atoms with van der Waals surface area (Å²) in [5.74, 6) is 0. The van der Waals surface area contributed by atoms with Gasteiger partial charge >= 0.3 is 0 Å². The number of aromatic nitrogens is 1. The lowest BCUT2D eigenvalue weighted by molar-refractivity contribution is 0.343. The van der Waals surface area contributed by atoms with Gasteiger partial charge in [-0.3, -0.25) is 0 Å². The molecule has 1 aromatic heterocycles. The van der Waals surface area contributed by atoms with Crippen LogP contribution < -0.4 is 0 Å². The first-order valence-corrected chi connectivity index (χ1v) is 6.23. The molecule has 0 saturated carbocycles. The van der Waals surface area contributed by atoms with Crippen LogP contribution in [-0.2, 0) is 12.8 Å². The minimum absolute atomic E-state index is 0.501. The molecule has 1 aromatic rings. The zero-order chi connectivity index (χ0) is 10.5. The molecular formula is C11H15N3S. The number of nitrogens with zero attached hydrogens (tertiary/aromatic N) is 3. The Morgan fingerprint density at radius 1 is 1.47 bits per heavy atom. The van der Waals surface area contributed by atoms with Crippen LogP contribution in [0.25, 0.3) is 0 Å². The van der Waals surface area contributed by atoms with Crippen molar-refractivity contribution in [2.45, 2.75) is 25.7 Å². The van der Waals surface area contributed by atoms with E-state index < -0.39 is 0 Å². The lowest BCUT2D eigenvalue weighted by atomic mass is 10.4. The molecule has 1 aliphatic rings. The fourth-order valence-corrected chi connectivity index (χ4v) is 2.73.